The summed E-state index contributed by atoms with van der Waals surface area (Å²) in [6.07, 6.45) is 0.756. The summed E-state index contributed by atoms with van der Waals surface area (Å²) in [5.74, 6) is 2.63. The Labute approximate surface area is 91.1 Å². The minimum atomic E-state index is -0.353. The minimum absolute atomic E-state index is 0.353. The van der Waals surface area contributed by atoms with E-state index in [-0.39, 0.29) is 6.10 Å². The molecule has 0 amide bonds. The van der Waals surface area contributed by atoms with Crippen molar-refractivity contribution in [3.05, 3.63) is 21.3 Å². The molecule has 1 aromatic rings. The number of thioether (sulfide) groups is 1. The van der Waals surface area contributed by atoms with Crippen molar-refractivity contribution in [1.29, 1.82) is 0 Å². The fraction of sp³-hybridized carbons (Fsp3) is 0.556. The van der Waals surface area contributed by atoms with Crippen molar-refractivity contribution >= 4 is 34.7 Å². The summed E-state index contributed by atoms with van der Waals surface area (Å²) in [7, 11) is 0. The fourth-order valence-corrected chi connectivity index (χ4v) is 3.85. The molecule has 1 fully saturated rings. The summed E-state index contributed by atoms with van der Waals surface area (Å²) >= 11 is 9.37. The van der Waals surface area contributed by atoms with Crippen LogP contribution in [-0.2, 0) is 0 Å². The van der Waals surface area contributed by atoms with Crippen LogP contribution in [0.15, 0.2) is 11.4 Å². The zero-order valence-electron chi connectivity index (χ0n) is 7.07. The molecular formula is C9H11ClOS2. The van der Waals surface area contributed by atoms with Crippen molar-refractivity contribution in [1.82, 2.24) is 0 Å². The Morgan fingerprint density at radius 3 is 3.00 bits per heavy atom. The molecule has 1 aliphatic heterocycles. The molecule has 2 atom stereocenters. The third kappa shape index (κ3) is 2.04. The van der Waals surface area contributed by atoms with Crippen molar-refractivity contribution < 1.29 is 5.11 Å². The number of aliphatic hydroxyl groups is 1. The third-order valence-electron chi connectivity index (χ3n) is 2.38. The number of rotatable bonds is 2. The van der Waals surface area contributed by atoms with Gasteiger partial charge >= 0.3 is 0 Å². The second-order valence-corrected chi connectivity index (χ2v) is 5.89. The van der Waals surface area contributed by atoms with Crippen molar-refractivity contribution in [3.8, 4) is 0 Å². The van der Waals surface area contributed by atoms with E-state index in [1.165, 1.54) is 17.1 Å². The zero-order valence-corrected chi connectivity index (χ0v) is 9.46. The Morgan fingerprint density at radius 2 is 2.46 bits per heavy atom. The van der Waals surface area contributed by atoms with Gasteiger partial charge in [0.05, 0.1) is 10.4 Å². The van der Waals surface area contributed by atoms with E-state index in [0.717, 1.165) is 22.1 Å². The van der Waals surface area contributed by atoms with Crippen LogP contribution in [0.25, 0.3) is 0 Å². The van der Waals surface area contributed by atoms with Gasteiger partial charge in [-0.3, -0.25) is 0 Å². The van der Waals surface area contributed by atoms with Gasteiger partial charge in [-0.1, -0.05) is 11.6 Å². The molecule has 0 radical (unpaired) electrons. The second kappa shape index (κ2) is 4.22. The van der Waals surface area contributed by atoms with Gasteiger partial charge < -0.3 is 5.11 Å². The Hall–Kier alpha value is 0.300. The normalized spacial score (nSPS) is 24.9. The molecule has 1 aromatic heterocycles. The third-order valence-corrected chi connectivity index (χ3v) is 4.76. The van der Waals surface area contributed by atoms with Crippen molar-refractivity contribution in [2.45, 2.75) is 12.5 Å². The highest BCUT2D eigenvalue weighted by Crippen LogP contribution is 2.38. The van der Waals surface area contributed by atoms with E-state index in [1.807, 2.05) is 23.2 Å². The summed E-state index contributed by atoms with van der Waals surface area (Å²) < 4.78 is 0.740. The van der Waals surface area contributed by atoms with E-state index in [4.69, 9.17) is 11.6 Å². The molecule has 2 rings (SSSR count). The highest BCUT2D eigenvalue weighted by molar-refractivity contribution is 7.99. The first kappa shape index (κ1) is 9.84. The second-order valence-electron chi connectivity index (χ2n) is 3.22. The van der Waals surface area contributed by atoms with Crippen molar-refractivity contribution in [2.75, 3.05) is 11.5 Å². The molecule has 2 heterocycles. The van der Waals surface area contributed by atoms with E-state index < -0.39 is 0 Å². The molecule has 0 bridgehead atoms. The maximum absolute atomic E-state index is 10.00. The lowest BCUT2D eigenvalue weighted by Gasteiger charge is -2.16. The van der Waals surface area contributed by atoms with Gasteiger partial charge in [0, 0.05) is 5.56 Å². The molecule has 1 nitrogen and oxygen atoms in total. The molecule has 0 aliphatic carbocycles. The van der Waals surface area contributed by atoms with Crippen LogP contribution in [0, 0.1) is 5.92 Å². The monoisotopic (exact) mass is 234 g/mol. The molecule has 13 heavy (non-hydrogen) atoms. The predicted octanol–water partition coefficient (Wildman–Crippen LogP) is 3.19. The Kier molecular flexibility index (Phi) is 3.19. The Balaban J connectivity index is 2.12. The van der Waals surface area contributed by atoms with Crippen LogP contribution in [0.3, 0.4) is 0 Å². The van der Waals surface area contributed by atoms with Gasteiger partial charge in [0.2, 0.25) is 0 Å². The SMILES string of the molecule is OC(c1ccsc1Cl)C1CCSC1. The molecule has 72 valence electrons. The van der Waals surface area contributed by atoms with Crippen LogP contribution >= 0.6 is 34.7 Å². The molecule has 0 saturated carbocycles. The lowest BCUT2D eigenvalue weighted by molar-refractivity contribution is 0.122. The number of hydrogen-bond donors (Lipinski definition) is 1. The average Bonchev–Trinajstić information content (AvgIpc) is 2.72. The molecule has 4 heteroatoms. The van der Waals surface area contributed by atoms with Crippen LogP contribution < -0.4 is 0 Å². The molecule has 1 N–H and O–H groups in total. The highest BCUT2D eigenvalue weighted by atomic mass is 35.5. The highest BCUT2D eigenvalue weighted by Gasteiger charge is 2.26. The van der Waals surface area contributed by atoms with Gasteiger partial charge in [0.1, 0.15) is 0 Å². The zero-order chi connectivity index (χ0) is 9.26. The van der Waals surface area contributed by atoms with Gasteiger partial charge in [-0.15, -0.1) is 11.3 Å². The molecule has 2 unspecified atom stereocenters. The maximum atomic E-state index is 10.00. The summed E-state index contributed by atoms with van der Waals surface area (Å²) in [5.41, 5.74) is 0.916. The number of halogens is 1. The minimum Gasteiger partial charge on any atom is -0.388 e. The van der Waals surface area contributed by atoms with Crippen molar-refractivity contribution in [2.24, 2.45) is 5.92 Å². The van der Waals surface area contributed by atoms with Crippen LogP contribution in [0.5, 0.6) is 0 Å². The molecular weight excluding hydrogens is 224 g/mol. The summed E-state index contributed by atoms with van der Waals surface area (Å²) in [4.78, 5) is 0. The first-order valence-corrected chi connectivity index (χ1v) is 6.69. The van der Waals surface area contributed by atoms with Gasteiger partial charge in [0.25, 0.3) is 0 Å². The van der Waals surface area contributed by atoms with Gasteiger partial charge in [0.15, 0.2) is 0 Å². The number of thiophene rings is 1. The predicted molar refractivity (Wildman–Crippen MR) is 59.7 cm³/mol. The average molecular weight is 235 g/mol. The Bertz CT molecular complexity index is 281. The molecule has 0 spiro atoms. The number of hydrogen-bond acceptors (Lipinski definition) is 3. The lowest BCUT2D eigenvalue weighted by atomic mass is 9.97. The summed E-state index contributed by atoms with van der Waals surface area (Å²) in [6, 6.07) is 1.93. The van der Waals surface area contributed by atoms with Crippen LogP contribution in [0.2, 0.25) is 4.34 Å². The van der Waals surface area contributed by atoms with E-state index >= 15 is 0 Å². The summed E-state index contributed by atoms with van der Waals surface area (Å²) in [6.45, 7) is 0. The standard InChI is InChI=1S/C9H11ClOS2/c10-9-7(2-4-13-9)8(11)6-1-3-12-5-6/h2,4,6,8,11H,1,3,5H2. The van der Waals surface area contributed by atoms with E-state index in [9.17, 15) is 5.11 Å². The van der Waals surface area contributed by atoms with E-state index in [0.29, 0.717) is 5.92 Å². The largest absolute Gasteiger partial charge is 0.388 e. The van der Waals surface area contributed by atoms with Crippen molar-refractivity contribution in [3.63, 3.8) is 0 Å². The van der Waals surface area contributed by atoms with Crippen LogP contribution in [-0.4, -0.2) is 16.6 Å². The van der Waals surface area contributed by atoms with E-state index in [1.54, 1.807) is 0 Å². The fourth-order valence-electron chi connectivity index (χ4n) is 1.57. The maximum Gasteiger partial charge on any atom is 0.0986 e. The quantitative estimate of drug-likeness (QED) is 0.848. The van der Waals surface area contributed by atoms with Crippen LogP contribution in [0.4, 0.5) is 0 Å². The van der Waals surface area contributed by atoms with Crippen LogP contribution in [0.1, 0.15) is 18.1 Å². The van der Waals surface area contributed by atoms with Gasteiger partial charge in [-0.05, 0) is 35.3 Å². The molecule has 1 aliphatic rings. The van der Waals surface area contributed by atoms with Gasteiger partial charge in [-0.2, -0.15) is 11.8 Å². The lowest BCUT2D eigenvalue weighted by Crippen LogP contribution is -2.11. The topological polar surface area (TPSA) is 20.2 Å². The number of aliphatic hydroxyl groups excluding tert-OH is 1. The Morgan fingerprint density at radius 1 is 1.62 bits per heavy atom. The smallest absolute Gasteiger partial charge is 0.0986 e. The first-order chi connectivity index (χ1) is 6.29. The first-order valence-electron chi connectivity index (χ1n) is 4.27. The molecule has 1 saturated heterocycles. The molecule has 0 aromatic carbocycles. The van der Waals surface area contributed by atoms with Gasteiger partial charge in [-0.25, -0.2) is 0 Å². The van der Waals surface area contributed by atoms with E-state index in [2.05, 4.69) is 0 Å². The summed E-state index contributed by atoms with van der Waals surface area (Å²) in [5, 5.41) is 11.9.